The molecule has 0 spiro atoms. The number of nitrogens with zero attached hydrogens (tertiary/aromatic N) is 2. The number of carbonyl (C=O) groups excluding carboxylic acids is 1. The van der Waals surface area contributed by atoms with E-state index in [2.05, 4.69) is 5.32 Å². The van der Waals surface area contributed by atoms with Crippen LogP contribution in [0.3, 0.4) is 0 Å². The molecule has 1 fully saturated rings. The summed E-state index contributed by atoms with van der Waals surface area (Å²) in [6.07, 6.45) is 1.70. The standard InChI is InChI=1S/C15H17N3O2/c19-14(17-9-6-16-7-10-17)11-18-8-5-12-3-1-2-4-13(12)15(18)20/h1-5,8,16H,6-7,9-11H2. The average Bonchev–Trinajstić information content (AvgIpc) is 2.51. The molecule has 3 rings (SSSR count). The van der Waals surface area contributed by atoms with Gasteiger partial charge in [-0.15, -0.1) is 0 Å². The first-order chi connectivity index (χ1) is 9.75. The highest BCUT2D eigenvalue weighted by atomic mass is 16.2. The predicted molar refractivity (Wildman–Crippen MR) is 77.7 cm³/mol. The van der Waals surface area contributed by atoms with Crippen LogP contribution in [0.4, 0.5) is 0 Å². The van der Waals surface area contributed by atoms with Crippen molar-refractivity contribution in [1.29, 1.82) is 0 Å². The highest BCUT2D eigenvalue weighted by molar-refractivity contribution is 5.82. The van der Waals surface area contributed by atoms with E-state index in [0.29, 0.717) is 18.5 Å². The number of fused-ring (bicyclic) bond motifs is 1. The molecule has 0 saturated carbocycles. The molecule has 2 heterocycles. The highest BCUT2D eigenvalue weighted by Gasteiger charge is 2.17. The third kappa shape index (κ3) is 2.44. The van der Waals surface area contributed by atoms with Crippen LogP contribution in [0.15, 0.2) is 41.3 Å². The van der Waals surface area contributed by atoms with Gasteiger partial charge in [-0.1, -0.05) is 18.2 Å². The van der Waals surface area contributed by atoms with E-state index < -0.39 is 0 Å². The van der Waals surface area contributed by atoms with Crippen molar-refractivity contribution in [3.05, 3.63) is 46.9 Å². The van der Waals surface area contributed by atoms with E-state index in [0.717, 1.165) is 18.5 Å². The molecular weight excluding hydrogens is 254 g/mol. The molecule has 0 atom stereocenters. The van der Waals surface area contributed by atoms with Gasteiger partial charge in [0, 0.05) is 37.8 Å². The summed E-state index contributed by atoms with van der Waals surface area (Å²) >= 11 is 0. The van der Waals surface area contributed by atoms with Crippen molar-refractivity contribution < 1.29 is 4.79 Å². The molecule has 20 heavy (non-hydrogen) atoms. The largest absolute Gasteiger partial charge is 0.339 e. The van der Waals surface area contributed by atoms with Crippen molar-refractivity contribution >= 4 is 16.7 Å². The van der Waals surface area contributed by atoms with E-state index in [1.807, 2.05) is 24.3 Å². The number of carbonyl (C=O) groups is 1. The van der Waals surface area contributed by atoms with Gasteiger partial charge < -0.3 is 14.8 Å². The fourth-order valence-corrected chi connectivity index (χ4v) is 2.51. The Bertz CT molecular complexity index is 687. The molecule has 1 aromatic carbocycles. The van der Waals surface area contributed by atoms with Gasteiger partial charge in [0.1, 0.15) is 6.54 Å². The van der Waals surface area contributed by atoms with Crippen molar-refractivity contribution in [2.24, 2.45) is 0 Å². The van der Waals surface area contributed by atoms with Crippen LogP contribution < -0.4 is 10.9 Å². The predicted octanol–water partition coefficient (Wildman–Crippen LogP) is 0.433. The molecule has 0 bridgehead atoms. The third-order valence-electron chi connectivity index (χ3n) is 3.66. The molecule has 0 unspecified atom stereocenters. The summed E-state index contributed by atoms with van der Waals surface area (Å²) in [4.78, 5) is 26.3. The fraction of sp³-hybridized carbons (Fsp3) is 0.333. The number of pyridine rings is 1. The Balaban J connectivity index is 1.85. The normalized spacial score (nSPS) is 15.5. The van der Waals surface area contributed by atoms with E-state index in [9.17, 15) is 9.59 Å². The first kappa shape index (κ1) is 12.9. The van der Waals surface area contributed by atoms with Crippen LogP contribution in [0.2, 0.25) is 0 Å². The third-order valence-corrected chi connectivity index (χ3v) is 3.66. The zero-order valence-electron chi connectivity index (χ0n) is 11.2. The smallest absolute Gasteiger partial charge is 0.258 e. The zero-order valence-corrected chi connectivity index (χ0v) is 11.2. The van der Waals surface area contributed by atoms with Gasteiger partial charge >= 0.3 is 0 Å². The first-order valence-electron chi connectivity index (χ1n) is 6.82. The zero-order chi connectivity index (χ0) is 13.9. The number of aromatic nitrogens is 1. The number of nitrogens with one attached hydrogen (secondary N) is 1. The molecular formula is C15H17N3O2. The Kier molecular flexibility index (Phi) is 3.52. The first-order valence-corrected chi connectivity index (χ1v) is 6.82. The van der Waals surface area contributed by atoms with Crippen molar-refractivity contribution in [3.8, 4) is 0 Å². The summed E-state index contributed by atoms with van der Waals surface area (Å²) in [5.74, 6) is 0.00359. The maximum absolute atomic E-state index is 12.3. The van der Waals surface area contributed by atoms with Crippen LogP contribution in [0, 0.1) is 0 Å². The van der Waals surface area contributed by atoms with Crippen molar-refractivity contribution in [2.45, 2.75) is 6.54 Å². The fourth-order valence-electron chi connectivity index (χ4n) is 2.51. The SMILES string of the molecule is O=C(Cn1ccc2ccccc2c1=O)N1CCNCC1. The molecule has 0 aliphatic carbocycles. The van der Waals surface area contributed by atoms with Crippen LogP contribution in [0.1, 0.15) is 0 Å². The Labute approximate surface area is 116 Å². The minimum absolute atomic E-state index is 0.00359. The van der Waals surface area contributed by atoms with Gasteiger partial charge in [0.25, 0.3) is 5.56 Å². The molecule has 5 nitrogen and oxygen atoms in total. The average molecular weight is 271 g/mol. The van der Waals surface area contributed by atoms with E-state index in [4.69, 9.17) is 0 Å². The second-order valence-corrected chi connectivity index (χ2v) is 4.97. The molecule has 2 aromatic rings. The molecule has 1 aliphatic heterocycles. The maximum atomic E-state index is 12.3. The molecule has 1 amide bonds. The van der Waals surface area contributed by atoms with Gasteiger partial charge in [-0.2, -0.15) is 0 Å². The van der Waals surface area contributed by atoms with Crippen molar-refractivity contribution in [3.63, 3.8) is 0 Å². The summed E-state index contributed by atoms with van der Waals surface area (Å²) in [6, 6.07) is 9.31. The molecule has 1 aromatic heterocycles. The van der Waals surface area contributed by atoms with E-state index in [1.165, 1.54) is 4.57 Å². The second-order valence-electron chi connectivity index (χ2n) is 4.97. The van der Waals surface area contributed by atoms with Gasteiger partial charge in [-0.3, -0.25) is 9.59 Å². The lowest BCUT2D eigenvalue weighted by molar-refractivity contribution is -0.132. The van der Waals surface area contributed by atoms with Gasteiger partial charge in [0.2, 0.25) is 5.91 Å². The Morgan fingerprint density at radius 2 is 1.90 bits per heavy atom. The second kappa shape index (κ2) is 5.46. The molecule has 0 radical (unpaired) electrons. The molecule has 5 heteroatoms. The Morgan fingerprint density at radius 3 is 2.70 bits per heavy atom. The van der Waals surface area contributed by atoms with Crippen molar-refractivity contribution in [2.75, 3.05) is 26.2 Å². The summed E-state index contributed by atoms with van der Waals surface area (Å²) in [5.41, 5.74) is -0.105. The van der Waals surface area contributed by atoms with E-state index >= 15 is 0 Å². The molecule has 1 N–H and O–H groups in total. The van der Waals surface area contributed by atoms with Crippen molar-refractivity contribution in [1.82, 2.24) is 14.8 Å². The molecule has 1 saturated heterocycles. The number of benzene rings is 1. The minimum atomic E-state index is -0.105. The van der Waals surface area contributed by atoms with Crippen LogP contribution in [0.25, 0.3) is 10.8 Å². The number of hydrogen-bond donors (Lipinski definition) is 1. The number of hydrogen-bond acceptors (Lipinski definition) is 3. The highest BCUT2D eigenvalue weighted by Crippen LogP contribution is 2.08. The number of rotatable bonds is 2. The van der Waals surface area contributed by atoms with Gasteiger partial charge in [-0.25, -0.2) is 0 Å². The topological polar surface area (TPSA) is 54.3 Å². The summed E-state index contributed by atoms with van der Waals surface area (Å²) in [7, 11) is 0. The van der Waals surface area contributed by atoms with E-state index in [1.54, 1.807) is 17.2 Å². The maximum Gasteiger partial charge on any atom is 0.258 e. The quantitative estimate of drug-likeness (QED) is 0.862. The van der Waals surface area contributed by atoms with Gasteiger partial charge in [-0.05, 0) is 17.5 Å². The lowest BCUT2D eigenvalue weighted by Crippen LogP contribution is -2.48. The summed E-state index contributed by atoms with van der Waals surface area (Å²) in [6.45, 7) is 3.17. The molecule has 1 aliphatic rings. The number of amides is 1. The number of piperazine rings is 1. The van der Waals surface area contributed by atoms with Gasteiger partial charge in [0.05, 0.1) is 0 Å². The van der Waals surface area contributed by atoms with E-state index in [-0.39, 0.29) is 18.0 Å². The van der Waals surface area contributed by atoms with Crippen LogP contribution in [0.5, 0.6) is 0 Å². The monoisotopic (exact) mass is 271 g/mol. The Morgan fingerprint density at radius 1 is 1.15 bits per heavy atom. The summed E-state index contributed by atoms with van der Waals surface area (Å²) in [5, 5.41) is 4.77. The Hall–Kier alpha value is -2.14. The minimum Gasteiger partial charge on any atom is -0.339 e. The van der Waals surface area contributed by atoms with Crippen LogP contribution in [-0.2, 0) is 11.3 Å². The van der Waals surface area contributed by atoms with Crippen LogP contribution >= 0.6 is 0 Å². The lowest BCUT2D eigenvalue weighted by Gasteiger charge is -2.27. The van der Waals surface area contributed by atoms with Crippen LogP contribution in [-0.4, -0.2) is 41.6 Å². The molecule has 104 valence electrons. The van der Waals surface area contributed by atoms with Gasteiger partial charge in [0.15, 0.2) is 0 Å². The lowest BCUT2D eigenvalue weighted by atomic mass is 10.2. The summed E-state index contributed by atoms with van der Waals surface area (Å²) < 4.78 is 1.49.